The molecule has 2 aromatic rings. The molecule has 0 amide bonds. The molecule has 0 aliphatic carbocycles. The van der Waals surface area contributed by atoms with Gasteiger partial charge in [0.1, 0.15) is 0 Å². The molecular weight excluding hydrogens is 587 g/mol. The third kappa shape index (κ3) is 6.39. The summed E-state index contributed by atoms with van der Waals surface area (Å²) in [5.41, 5.74) is 0. The van der Waals surface area contributed by atoms with Crippen molar-refractivity contribution >= 4 is 164 Å². The molecule has 0 radical (unpaired) electrons. The first-order valence-corrected chi connectivity index (χ1v) is 10.0. The van der Waals surface area contributed by atoms with E-state index in [9.17, 15) is 0 Å². The smallest absolute Gasteiger partial charge is 0.140 e. The van der Waals surface area contributed by atoms with E-state index in [1.165, 1.54) is 0 Å². The first-order chi connectivity index (χ1) is 10.9. The lowest BCUT2D eigenvalue weighted by Gasteiger charge is -2.07. The molecule has 0 aromatic heterocycles. The van der Waals surface area contributed by atoms with Gasteiger partial charge in [-0.05, 0) is 0 Å². The van der Waals surface area contributed by atoms with Gasteiger partial charge in [-0.3, -0.25) is 0 Å². The van der Waals surface area contributed by atoms with Crippen molar-refractivity contribution in [3.63, 3.8) is 0 Å². The summed E-state index contributed by atoms with van der Waals surface area (Å²) >= 11 is 65.1. The number of hydrogen-bond acceptors (Lipinski definition) is 2. The fourth-order valence-corrected chi connectivity index (χ4v) is 4.17. The van der Waals surface area contributed by atoms with Gasteiger partial charge in [0.2, 0.25) is 0 Å². The molecule has 136 valence electrons. The van der Waals surface area contributed by atoms with Crippen LogP contribution in [0.25, 0.3) is 0 Å². The third-order valence-electron chi connectivity index (χ3n) is 2.37. The molecule has 13 heteroatoms. The molecule has 0 unspecified atom stereocenters. The minimum atomic E-state index is 0. The summed E-state index contributed by atoms with van der Waals surface area (Å²) < 4.78 is 0. The van der Waals surface area contributed by atoms with Crippen LogP contribution in [0.5, 0.6) is 0 Å². The van der Waals surface area contributed by atoms with Gasteiger partial charge >= 0.3 is 23.1 Å². The van der Waals surface area contributed by atoms with Crippen molar-refractivity contribution < 1.29 is 0 Å². The van der Waals surface area contributed by atoms with Crippen molar-refractivity contribution in [3.8, 4) is 0 Å². The molecule has 0 aliphatic rings. The first kappa shape index (κ1) is 27.8. The average Bonchev–Trinajstić information content (AvgIpc) is 2.58. The predicted molar refractivity (Wildman–Crippen MR) is 126 cm³/mol. The Morgan fingerprint density at radius 3 is 0.600 bits per heavy atom. The maximum absolute atomic E-state index is 5.72. The molecule has 0 fully saturated rings. The van der Waals surface area contributed by atoms with Crippen molar-refractivity contribution in [1.82, 2.24) is 0 Å². The van der Waals surface area contributed by atoms with Crippen LogP contribution in [-0.2, 0) is 0 Å². The van der Waals surface area contributed by atoms with E-state index in [4.69, 9.17) is 116 Å². The Morgan fingerprint density at radius 1 is 0.320 bits per heavy atom. The second-order valence-corrected chi connectivity index (χ2v) is 8.51. The topological polar surface area (TPSA) is 0 Å². The highest BCUT2D eigenvalue weighted by Gasteiger charge is 2.17. The summed E-state index contributed by atoms with van der Waals surface area (Å²) in [4.78, 5) is 0.662. The molecule has 0 saturated carbocycles. The number of rotatable bonds is 0. The molecule has 0 heterocycles. The Bertz CT molecular complexity index is 534. The van der Waals surface area contributed by atoms with Crippen LogP contribution in [-0.4, -0.2) is 23.1 Å². The van der Waals surface area contributed by atoms with Gasteiger partial charge in [0.15, 0.2) is 0 Å². The molecule has 25 heavy (non-hydrogen) atoms. The van der Waals surface area contributed by atoms with E-state index in [1.807, 2.05) is 0 Å². The number of hydrogen-bond donors (Lipinski definition) is 2. The molecular formula is C12H4Cl10MgS2. The van der Waals surface area contributed by atoms with E-state index >= 15 is 0 Å². The van der Waals surface area contributed by atoms with Gasteiger partial charge in [-0.15, -0.1) is 25.3 Å². The first-order valence-electron chi connectivity index (χ1n) is 5.34. The summed E-state index contributed by atoms with van der Waals surface area (Å²) in [5.74, 6) is 0. The van der Waals surface area contributed by atoms with E-state index in [-0.39, 0.29) is 73.3 Å². The fraction of sp³-hybridized carbons (Fsp3) is 0. The Hall–Kier alpha value is 2.81. The second-order valence-electron chi connectivity index (χ2n) is 3.84. The molecule has 0 atom stereocenters. The molecule has 0 nitrogen and oxygen atoms in total. The number of thiol groups is 2. The Balaban J connectivity index is 0.000000443. The van der Waals surface area contributed by atoms with Gasteiger partial charge in [0.25, 0.3) is 0 Å². The van der Waals surface area contributed by atoms with Crippen LogP contribution in [0.2, 0.25) is 50.2 Å². The lowest BCUT2D eigenvalue weighted by Crippen LogP contribution is -1.80. The van der Waals surface area contributed by atoms with E-state index in [0.717, 1.165) is 0 Å². The largest absolute Gasteiger partial charge is 0.316 e. The number of benzene rings is 2. The van der Waals surface area contributed by atoms with Crippen LogP contribution in [0.3, 0.4) is 0 Å². The Morgan fingerprint density at radius 2 is 0.440 bits per heavy atom. The van der Waals surface area contributed by atoms with E-state index < -0.39 is 0 Å². The zero-order valence-electron chi connectivity index (χ0n) is 10.7. The molecule has 2 rings (SSSR count). The van der Waals surface area contributed by atoms with Crippen LogP contribution in [0.15, 0.2) is 9.79 Å². The minimum absolute atomic E-state index is 0. The van der Waals surface area contributed by atoms with Crippen LogP contribution in [0.4, 0.5) is 0 Å². The molecule has 0 saturated heterocycles. The van der Waals surface area contributed by atoms with Crippen LogP contribution >= 0.6 is 141 Å². The van der Waals surface area contributed by atoms with Gasteiger partial charge in [0.05, 0.1) is 50.2 Å². The monoisotopic (exact) mass is 586 g/mol. The third-order valence-corrected chi connectivity index (χ3v) is 8.35. The normalized spacial score (nSPS) is 10.1. The van der Waals surface area contributed by atoms with Gasteiger partial charge in [-0.2, -0.15) is 0 Å². The SMILES string of the molecule is Sc1c(Cl)c(Cl)c(Cl)c(Cl)c1Cl.Sc1c(Cl)c(Cl)c(Cl)c(Cl)c1Cl.[MgH2]. The lowest BCUT2D eigenvalue weighted by atomic mass is 10.3. The molecule has 0 spiro atoms. The second kappa shape index (κ2) is 11.9. The zero-order valence-corrected chi connectivity index (χ0v) is 20.0. The number of halogens is 10. The van der Waals surface area contributed by atoms with Gasteiger partial charge in [0, 0.05) is 9.79 Å². The predicted octanol–water partition coefficient (Wildman–Crippen LogP) is 9.57. The summed E-state index contributed by atoms with van der Waals surface area (Å²) in [5, 5.41) is 1.78. The quantitative estimate of drug-likeness (QED) is 0.130. The zero-order chi connectivity index (χ0) is 18.9. The highest BCUT2D eigenvalue weighted by molar-refractivity contribution is 7.80. The maximum atomic E-state index is 5.72. The highest BCUT2D eigenvalue weighted by Crippen LogP contribution is 2.46. The Labute approximate surface area is 221 Å². The maximum Gasteiger partial charge on any atom is 0.316 e. The molecule has 0 aliphatic heterocycles. The summed E-state index contributed by atoms with van der Waals surface area (Å²) in [7, 11) is 0. The molecule has 0 N–H and O–H groups in total. The average molecular weight is 591 g/mol. The highest BCUT2D eigenvalue weighted by atomic mass is 35.5. The van der Waals surface area contributed by atoms with Crippen molar-refractivity contribution in [3.05, 3.63) is 50.2 Å². The van der Waals surface area contributed by atoms with Crippen LogP contribution < -0.4 is 0 Å². The van der Waals surface area contributed by atoms with Crippen LogP contribution in [0, 0.1) is 0 Å². The van der Waals surface area contributed by atoms with E-state index in [1.54, 1.807) is 0 Å². The lowest BCUT2D eigenvalue weighted by molar-refractivity contribution is 1.47. The van der Waals surface area contributed by atoms with Crippen LogP contribution in [0.1, 0.15) is 0 Å². The minimum Gasteiger partial charge on any atom is -0.140 e. The summed E-state index contributed by atoms with van der Waals surface area (Å²) in [6.07, 6.45) is 0. The van der Waals surface area contributed by atoms with E-state index in [0.29, 0.717) is 9.79 Å². The standard InChI is InChI=1S/2C6HCl5S.Mg.2H/c2*7-1-2(8)4(10)6(12)5(11)3(1)9;;;/h2*12H;;;. The van der Waals surface area contributed by atoms with Crippen molar-refractivity contribution in [2.45, 2.75) is 9.79 Å². The van der Waals surface area contributed by atoms with Gasteiger partial charge < -0.3 is 0 Å². The van der Waals surface area contributed by atoms with Crippen molar-refractivity contribution in [2.75, 3.05) is 0 Å². The van der Waals surface area contributed by atoms with Crippen molar-refractivity contribution in [2.24, 2.45) is 0 Å². The Kier molecular flexibility index (Phi) is 13.2. The summed E-state index contributed by atoms with van der Waals surface area (Å²) in [6.45, 7) is 0. The molecule has 2 aromatic carbocycles. The van der Waals surface area contributed by atoms with Crippen molar-refractivity contribution in [1.29, 1.82) is 0 Å². The molecule has 0 bridgehead atoms. The van der Waals surface area contributed by atoms with Gasteiger partial charge in [-0.1, -0.05) is 116 Å². The van der Waals surface area contributed by atoms with E-state index in [2.05, 4.69) is 25.3 Å². The fourth-order valence-electron chi connectivity index (χ4n) is 1.19. The van der Waals surface area contributed by atoms with Gasteiger partial charge in [-0.25, -0.2) is 0 Å². The summed E-state index contributed by atoms with van der Waals surface area (Å²) in [6, 6.07) is 0.